The van der Waals surface area contributed by atoms with E-state index in [1.54, 1.807) is 0 Å². The van der Waals surface area contributed by atoms with Crippen LogP contribution in [0.2, 0.25) is 0 Å². The number of aliphatic hydroxyl groups is 1. The molecule has 1 aliphatic heterocycles. The van der Waals surface area contributed by atoms with E-state index in [1.165, 1.54) is 5.56 Å². The molecule has 0 bridgehead atoms. The Kier molecular flexibility index (Phi) is 4.38. The smallest absolute Gasteiger partial charge is 0.0919 e. The zero-order valence-corrected chi connectivity index (χ0v) is 11.5. The Morgan fingerprint density at radius 1 is 1.44 bits per heavy atom. The molecule has 2 rings (SSSR count). The highest BCUT2D eigenvalue weighted by Crippen LogP contribution is 2.21. The third kappa shape index (κ3) is 3.10. The number of nitrogens with zero attached hydrogens (tertiary/aromatic N) is 1. The highest BCUT2D eigenvalue weighted by molar-refractivity contribution is 5.32. The van der Waals surface area contributed by atoms with Crippen molar-refractivity contribution in [3.05, 3.63) is 34.9 Å². The molecule has 1 heterocycles. The van der Waals surface area contributed by atoms with Crippen molar-refractivity contribution in [2.45, 2.75) is 32.4 Å². The maximum atomic E-state index is 10.4. The predicted octanol–water partition coefficient (Wildman–Crippen LogP) is 2.06. The molecule has 0 aliphatic carbocycles. The van der Waals surface area contributed by atoms with Gasteiger partial charge in [-0.1, -0.05) is 23.8 Å². The fourth-order valence-electron chi connectivity index (χ4n) is 2.51. The SMILES string of the molecule is Cc1ccc(C)c(C(O)CN(C)C2CCOC2)c1. The van der Waals surface area contributed by atoms with Crippen molar-refractivity contribution in [3.63, 3.8) is 0 Å². The van der Waals surface area contributed by atoms with E-state index in [0.29, 0.717) is 12.6 Å². The molecular formula is C15H23NO2. The van der Waals surface area contributed by atoms with E-state index in [-0.39, 0.29) is 0 Å². The topological polar surface area (TPSA) is 32.7 Å². The Morgan fingerprint density at radius 2 is 2.22 bits per heavy atom. The van der Waals surface area contributed by atoms with Crippen LogP contribution >= 0.6 is 0 Å². The van der Waals surface area contributed by atoms with Crippen LogP contribution in [-0.2, 0) is 4.74 Å². The van der Waals surface area contributed by atoms with E-state index in [4.69, 9.17) is 4.74 Å². The van der Waals surface area contributed by atoms with Gasteiger partial charge >= 0.3 is 0 Å². The van der Waals surface area contributed by atoms with Crippen LogP contribution in [0.15, 0.2) is 18.2 Å². The summed E-state index contributed by atoms with van der Waals surface area (Å²) in [5.74, 6) is 0. The van der Waals surface area contributed by atoms with Crippen molar-refractivity contribution in [2.24, 2.45) is 0 Å². The predicted molar refractivity (Wildman–Crippen MR) is 72.7 cm³/mol. The Hall–Kier alpha value is -0.900. The first-order chi connectivity index (χ1) is 8.58. The average Bonchev–Trinajstić information content (AvgIpc) is 2.85. The largest absolute Gasteiger partial charge is 0.387 e. The lowest BCUT2D eigenvalue weighted by atomic mass is 10.00. The van der Waals surface area contributed by atoms with E-state index in [9.17, 15) is 5.11 Å². The van der Waals surface area contributed by atoms with Gasteiger partial charge in [-0.15, -0.1) is 0 Å². The minimum Gasteiger partial charge on any atom is -0.387 e. The van der Waals surface area contributed by atoms with Crippen LogP contribution in [0.25, 0.3) is 0 Å². The van der Waals surface area contributed by atoms with Crippen molar-refractivity contribution >= 4 is 0 Å². The monoisotopic (exact) mass is 249 g/mol. The van der Waals surface area contributed by atoms with E-state index in [0.717, 1.165) is 30.8 Å². The van der Waals surface area contributed by atoms with Crippen LogP contribution in [0.3, 0.4) is 0 Å². The van der Waals surface area contributed by atoms with Crippen LogP contribution in [0.1, 0.15) is 29.2 Å². The molecule has 0 saturated carbocycles. The average molecular weight is 249 g/mol. The second-order valence-corrected chi connectivity index (χ2v) is 5.33. The van der Waals surface area contributed by atoms with Gasteiger partial charge in [0, 0.05) is 19.2 Å². The fourth-order valence-corrected chi connectivity index (χ4v) is 2.51. The first-order valence-corrected chi connectivity index (χ1v) is 6.61. The summed E-state index contributed by atoms with van der Waals surface area (Å²) in [6.45, 7) is 6.41. The standard InChI is InChI=1S/C15H23NO2/c1-11-4-5-12(2)14(8-11)15(17)9-16(3)13-6-7-18-10-13/h4-5,8,13,15,17H,6-7,9-10H2,1-3H3. The quantitative estimate of drug-likeness (QED) is 0.886. The van der Waals surface area contributed by atoms with Crippen molar-refractivity contribution in [1.82, 2.24) is 4.90 Å². The second-order valence-electron chi connectivity index (χ2n) is 5.33. The molecule has 3 heteroatoms. The highest BCUT2D eigenvalue weighted by atomic mass is 16.5. The molecule has 1 aromatic carbocycles. The third-order valence-electron chi connectivity index (χ3n) is 3.78. The van der Waals surface area contributed by atoms with E-state index < -0.39 is 6.10 Å². The van der Waals surface area contributed by atoms with Crippen LogP contribution in [0.4, 0.5) is 0 Å². The summed E-state index contributed by atoms with van der Waals surface area (Å²) in [5.41, 5.74) is 3.39. The molecule has 1 aromatic rings. The number of hydrogen-bond acceptors (Lipinski definition) is 3. The van der Waals surface area contributed by atoms with E-state index in [2.05, 4.69) is 44.0 Å². The van der Waals surface area contributed by atoms with E-state index in [1.807, 2.05) is 0 Å². The third-order valence-corrected chi connectivity index (χ3v) is 3.78. The minimum absolute atomic E-state index is 0.421. The second kappa shape index (κ2) is 5.83. The van der Waals surface area contributed by atoms with Gasteiger partial charge in [-0.3, -0.25) is 4.90 Å². The van der Waals surface area contributed by atoms with Crippen LogP contribution < -0.4 is 0 Å². The molecule has 0 aromatic heterocycles. The number of rotatable bonds is 4. The van der Waals surface area contributed by atoms with Crippen molar-refractivity contribution in [1.29, 1.82) is 0 Å². The fraction of sp³-hybridized carbons (Fsp3) is 0.600. The summed E-state index contributed by atoms with van der Waals surface area (Å²) in [4.78, 5) is 2.21. The molecule has 0 spiro atoms. The molecule has 18 heavy (non-hydrogen) atoms. The minimum atomic E-state index is -0.421. The number of likely N-dealkylation sites (N-methyl/N-ethyl adjacent to an activating group) is 1. The summed E-state index contributed by atoms with van der Waals surface area (Å²) in [6, 6.07) is 6.69. The number of aryl methyl sites for hydroxylation is 2. The Balaban J connectivity index is 2.02. The first-order valence-electron chi connectivity index (χ1n) is 6.61. The molecule has 0 amide bonds. The van der Waals surface area contributed by atoms with Gasteiger partial charge in [-0.2, -0.15) is 0 Å². The van der Waals surface area contributed by atoms with Gasteiger partial charge < -0.3 is 9.84 Å². The summed E-state index contributed by atoms with van der Waals surface area (Å²) in [7, 11) is 2.06. The van der Waals surface area contributed by atoms with Gasteiger partial charge in [0.2, 0.25) is 0 Å². The van der Waals surface area contributed by atoms with Gasteiger partial charge in [0.15, 0.2) is 0 Å². The lowest BCUT2D eigenvalue weighted by Crippen LogP contribution is -2.35. The lowest BCUT2D eigenvalue weighted by molar-refractivity contribution is 0.0946. The molecule has 1 N–H and O–H groups in total. The van der Waals surface area contributed by atoms with Gasteiger partial charge in [0.1, 0.15) is 0 Å². The molecule has 2 unspecified atom stereocenters. The van der Waals surface area contributed by atoms with Crippen molar-refractivity contribution < 1.29 is 9.84 Å². The molecule has 1 saturated heterocycles. The van der Waals surface area contributed by atoms with Crippen molar-refractivity contribution in [2.75, 3.05) is 26.8 Å². The normalized spacial score (nSPS) is 21.5. The van der Waals surface area contributed by atoms with Gasteiger partial charge in [0.05, 0.1) is 12.7 Å². The number of ether oxygens (including phenoxy) is 1. The molecule has 0 radical (unpaired) electrons. The Bertz CT molecular complexity index is 399. The Labute approximate surface area is 109 Å². The summed E-state index contributed by atoms with van der Waals surface area (Å²) in [5, 5.41) is 10.4. The zero-order valence-electron chi connectivity index (χ0n) is 11.5. The maximum Gasteiger partial charge on any atom is 0.0919 e. The lowest BCUT2D eigenvalue weighted by Gasteiger charge is -2.26. The van der Waals surface area contributed by atoms with Gasteiger partial charge in [-0.25, -0.2) is 0 Å². The molecule has 2 atom stereocenters. The molecule has 1 fully saturated rings. The number of benzene rings is 1. The number of hydrogen-bond donors (Lipinski definition) is 1. The van der Waals surface area contributed by atoms with E-state index >= 15 is 0 Å². The van der Waals surface area contributed by atoms with Gasteiger partial charge in [0.25, 0.3) is 0 Å². The maximum absolute atomic E-state index is 10.4. The van der Waals surface area contributed by atoms with Gasteiger partial charge in [-0.05, 0) is 38.4 Å². The Morgan fingerprint density at radius 3 is 2.89 bits per heavy atom. The van der Waals surface area contributed by atoms with Crippen molar-refractivity contribution in [3.8, 4) is 0 Å². The van der Waals surface area contributed by atoms with Crippen LogP contribution in [0, 0.1) is 13.8 Å². The van der Waals surface area contributed by atoms with Crippen LogP contribution in [-0.4, -0.2) is 42.9 Å². The molecular weight excluding hydrogens is 226 g/mol. The summed E-state index contributed by atoms with van der Waals surface area (Å²) >= 11 is 0. The highest BCUT2D eigenvalue weighted by Gasteiger charge is 2.23. The summed E-state index contributed by atoms with van der Waals surface area (Å²) in [6.07, 6.45) is 0.645. The molecule has 3 nitrogen and oxygen atoms in total. The first kappa shape index (κ1) is 13.5. The zero-order chi connectivity index (χ0) is 13.1. The number of aliphatic hydroxyl groups excluding tert-OH is 1. The molecule has 100 valence electrons. The molecule has 1 aliphatic rings. The van der Waals surface area contributed by atoms with Crippen LogP contribution in [0.5, 0.6) is 0 Å². The summed E-state index contributed by atoms with van der Waals surface area (Å²) < 4.78 is 5.39.